The van der Waals surface area contributed by atoms with Gasteiger partial charge in [0.15, 0.2) is 16.4 Å². The average Bonchev–Trinajstić information content (AvgIpc) is 2.84. The maximum Gasteiger partial charge on any atom is 0.341 e. The molecule has 3 aromatic carbocycles. The Labute approximate surface area is 221 Å². The molecular formula is C25H29N3O8S2. The van der Waals surface area contributed by atoms with E-state index >= 15 is 0 Å². The highest BCUT2D eigenvalue weighted by Gasteiger charge is 2.20. The molecule has 0 fully saturated rings. The Hall–Kier alpha value is -3.94. The van der Waals surface area contributed by atoms with E-state index in [4.69, 9.17) is 15.3 Å². The van der Waals surface area contributed by atoms with Gasteiger partial charge < -0.3 is 20.7 Å². The second kappa shape index (κ2) is 13.0. The minimum absolute atomic E-state index is 0.0571. The summed E-state index contributed by atoms with van der Waals surface area (Å²) in [6.07, 6.45) is 1.99. The van der Waals surface area contributed by atoms with Gasteiger partial charge in [-0.05, 0) is 54.3 Å². The van der Waals surface area contributed by atoms with E-state index in [-0.39, 0.29) is 34.3 Å². The third-order valence-electron chi connectivity index (χ3n) is 5.11. The number of aryl methyl sites for hydroxylation is 1. The minimum atomic E-state index is -4.00. The molecule has 0 radical (unpaired) electrons. The molecule has 0 saturated carbocycles. The number of hydrogen-bond acceptors (Lipinski definition) is 8. The van der Waals surface area contributed by atoms with Gasteiger partial charge in [0.25, 0.3) is 0 Å². The first kappa shape index (κ1) is 30.3. The lowest BCUT2D eigenvalue weighted by Gasteiger charge is -2.15. The monoisotopic (exact) mass is 563 g/mol. The zero-order chi connectivity index (χ0) is 28.5. The number of aromatic hydroxyl groups is 1. The molecule has 13 heteroatoms. The van der Waals surface area contributed by atoms with Crippen LogP contribution in [0.4, 0.5) is 0 Å². The third-order valence-corrected chi connectivity index (χ3v) is 7.75. The van der Waals surface area contributed by atoms with Crippen molar-refractivity contribution in [1.29, 1.82) is 5.41 Å². The number of sulfone groups is 1. The molecule has 204 valence electrons. The fraction of sp³-hybridized carbons (Fsp3) is 0.200. The molecule has 0 saturated heterocycles. The van der Waals surface area contributed by atoms with Gasteiger partial charge in [0.05, 0.1) is 11.2 Å². The number of rotatable bonds is 10. The van der Waals surface area contributed by atoms with E-state index in [0.29, 0.717) is 22.3 Å². The number of sulfonamides is 1. The van der Waals surface area contributed by atoms with Crippen LogP contribution in [0.1, 0.15) is 11.1 Å². The van der Waals surface area contributed by atoms with Gasteiger partial charge in [0, 0.05) is 18.4 Å². The number of carboxylic acids is 1. The van der Waals surface area contributed by atoms with Crippen molar-refractivity contribution in [2.75, 3.05) is 19.4 Å². The van der Waals surface area contributed by atoms with Crippen molar-refractivity contribution in [2.24, 2.45) is 5.73 Å². The zero-order valence-electron chi connectivity index (χ0n) is 20.7. The van der Waals surface area contributed by atoms with Crippen LogP contribution in [0.15, 0.2) is 70.5 Å². The number of nitrogens with two attached hydrogens (primary N) is 1. The summed E-state index contributed by atoms with van der Waals surface area (Å²) in [7, 11) is -7.52. The Balaban J connectivity index is 0.00000161. The Morgan fingerprint density at radius 3 is 2.34 bits per heavy atom. The Kier molecular flexibility index (Phi) is 10.4. The molecule has 38 heavy (non-hydrogen) atoms. The van der Waals surface area contributed by atoms with Crippen LogP contribution in [0.2, 0.25) is 0 Å². The number of phenolic OH excluding ortho intramolecular Hbond substituents is 1. The first-order valence-corrected chi connectivity index (χ1v) is 14.4. The summed E-state index contributed by atoms with van der Waals surface area (Å²) in [4.78, 5) is 10.9. The van der Waals surface area contributed by atoms with Crippen LogP contribution >= 0.6 is 0 Å². The first-order chi connectivity index (χ1) is 17.8. The minimum Gasteiger partial charge on any atom is -0.507 e. The summed E-state index contributed by atoms with van der Waals surface area (Å²) >= 11 is 0. The highest BCUT2D eigenvalue weighted by molar-refractivity contribution is 7.91. The molecule has 0 aliphatic carbocycles. The largest absolute Gasteiger partial charge is 0.507 e. The van der Waals surface area contributed by atoms with Gasteiger partial charge in [0.2, 0.25) is 10.0 Å². The predicted octanol–water partition coefficient (Wildman–Crippen LogP) is 2.31. The van der Waals surface area contributed by atoms with Crippen molar-refractivity contribution in [2.45, 2.75) is 23.1 Å². The maximum absolute atomic E-state index is 12.6. The van der Waals surface area contributed by atoms with Crippen LogP contribution in [0.3, 0.4) is 0 Å². The first-order valence-electron chi connectivity index (χ1n) is 11.1. The summed E-state index contributed by atoms with van der Waals surface area (Å²) in [5.41, 5.74) is 6.50. The van der Waals surface area contributed by atoms with Crippen LogP contribution < -0.4 is 15.2 Å². The molecule has 0 unspecified atom stereocenters. The van der Waals surface area contributed by atoms with Crippen molar-refractivity contribution in [3.8, 4) is 22.6 Å². The molecule has 0 heterocycles. The lowest BCUT2D eigenvalue weighted by molar-refractivity contribution is -0.139. The predicted molar refractivity (Wildman–Crippen MR) is 143 cm³/mol. The number of phenols is 1. The van der Waals surface area contributed by atoms with Crippen molar-refractivity contribution in [3.05, 3.63) is 71.8 Å². The van der Waals surface area contributed by atoms with Gasteiger partial charge in [-0.2, -0.15) is 0 Å². The van der Waals surface area contributed by atoms with E-state index in [9.17, 15) is 26.7 Å². The van der Waals surface area contributed by atoms with E-state index in [2.05, 4.69) is 10.5 Å². The quantitative estimate of drug-likeness (QED) is 0.181. The molecule has 3 aromatic rings. The van der Waals surface area contributed by atoms with Gasteiger partial charge in [-0.1, -0.05) is 36.4 Å². The molecule has 0 aliphatic rings. The summed E-state index contributed by atoms with van der Waals surface area (Å²) in [5, 5.41) is 24.8. The Morgan fingerprint density at radius 1 is 1.05 bits per heavy atom. The van der Waals surface area contributed by atoms with Gasteiger partial charge in [-0.15, -0.1) is 0 Å². The SMILES string of the molecule is Cc1ccc(O)c(S(=O)(=O)NCCc2ccc(-c3ccccc3S(C)(=O)=O)cc2OCC(=O)O)c1.N=CN. The number of ether oxygens (including phenoxy) is 1. The van der Waals surface area contributed by atoms with Crippen LogP contribution in [0, 0.1) is 12.3 Å². The molecule has 6 N–H and O–H groups in total. The molecule has 0 amide bonds. The zero-order valence-corrected chi connectivity index (χ0v) is 22.3. The number of carbonyl (C=O) groups is 1. The smallest absolute Gasteiger partial charge is 0.341 e. The van der Waals surface area contributed by atoms with Crippen LogP contribution in [-0.2, 0) is 31.1 Å². The van der Waals surface area contributed by atoms with E-state index in [0.717, 1.165) is 12.6 Å². The third kappa shape index (κ3) is 8.30. The van der Waals surface area contributed by atoms with E-state index in [1.807, 2.05) is 0 Å². The second-order valence-electron chi connectivity index (χ2n) is 8.06. The second-order valence-corrected chi connectivity index (χ2v) is 11.8. The topological polar surface area (TPSA) is 197 Å². The standard InChI is InChI=1S/C24H25NO8S2.CH4N2/c1-16-7-10-20(26)23(13-16)35(31,32)25-12-11-17-8-9-18(14-21(17)33-15-24(27)28)19-5-3-4-6-22(19)34(2,29)30;2-1-3/h3-10,13-14,25-26H,11-12,15H2,1-2H3,(H,27,28);1H,(H3,2,3). The fourth-order valence-corrected chi connectivity index (χ4v) is 5.59. The number of hydrogen-bond donors (Lipinski definition) is 5. The molecule has 11 nitrogen and oxygen atoms in total. The van der Waals surface area contributed by atoms with Gasteiger partial charge in [0.1, 0.15) is 16.4 Å². The number of benzene rings is 3. The lowest BCUT2D eigenvalue weighted by atomic mass is 10.0. The van der Waals surface area contributed by atoms with Gasteiger partial charge in [-0.25, -0.2) is 26.4 Å². The Bertz CT molecular complexity index is 1520. The van der Waals surface area contributed by atoms with Gasteiger partial charge in [-0.3, -0.25) is 5.41 Å². The fourth-order valence-electron chi connectivity index (χ4n) is 3.47. The molecule has 0 atom stereocenters. The number of aliphatic carboxylic acids is 1. The summed E-state index contributed by atoms with van der Waals surface area (Å²) in [5.74, 6) is -1.39. The lowest BCUT2D eigenvalue weighted by Crippen LogP contribution is -2.26. The van der Waals surface area contributed by atoms with Crippen molar-refractivity contribution >= 4 is 32.2 Å². The Morgan fingerprint density at radius 2 is 1.71 bits per heavy atom. The highest BCUT2D eigenvalue weighted by atomic mass is 32.2. The van der Waals surface area contributed by atoms with Crippen molar-refractivity contribution < 1.29 is 36.6 Å². The van der Waals surface area contributed by atoms with Crippen LogP contribution in [-0.4, -0.2) is 58.8 Å². The summed E-state index contributed by atoms with van der Waals surface area (Å²) in [6.45, 7) is 1.01. The van der Waals surface area contributed by atoms with Crippen molar-refractivity contribution in [1.82, 2.24) is 4.72 Å². The van der Waals surface area contributed by atoms with E-state index in [1.165, 1.54) is 24.3 Å². The van der Waals surface area contributed by atoms with E-state index in [1.54, 1.807) is 43.3 Å². The molecule has 0 bridgehead atoms. The molecule has 0 spiro atoms. The number of carboxylic acid groups (broad SMARTS) is 1. The van der Waals surface area contributed by atoms with E-state index < -0.39 is 32.4 Å². The van der Waals surface area contributed by atoms with Crippen LogP contribution in [0.25, 0.3) is 11.1 Å². The maximum atomic E-state index is 12.6. The molecule has 3 rings (SSSR count). The van der Waals surface area contributed by atoms with Crippen LogP contribution in [0.5, 0.6) is 11.5 Å². The summed E-state index contributed by atoms with van der Waals surface area (Å²) < 4.78 is 57.5. The molecular weight excluding hydrogens is 534 g/mol. The normalized spacial score (nSPS) is 11.2. The average molecular weight is 564 g/mol. The highest BCUT2D eigenvalue weighted by Crippen LogP contribution is 2.32. The van der Waals surface area contributed by atoms with Crippen molar-refractivity contribution in [3.63, 3.8) is 0 Å². The number of nitrogens with one attached hydrogen (secondary N) is 2. The summed E-state index contributed by atoms with van der Waals surface area (Å²) in [6, 6.07) is 15.5. The molecule has 0 aliphatic heterocycles. The van der Waals surface area contributed by atoms with Gasteiger partial charge >= 0.3 is 5.97 Å². The molecule has 0 aromatic heterocycles.